The molecule has 0 spiro atoms. The number of halogens is 1. The molecule has 88 valence electrons. The van der Waals surface area contributed by atoms with Crippen molar-refractivity contribution in [2.24, 2.45) is 0 Å². The van der Waals surface area contributed by atoms with Gasteiger partial charge in [-0.15, -0.1) is 0 Å². The number of ketones is 1. The molecule has 1 rings (SSSR count). The molecule has 0 unspecified atom stereocenters. The molecule has 0 saturated heterocycles. The second-order valence-electron chi connectivity index (χ2n) is 3.60. The van der Waals surface area contributed by atoms with Gasteiger partial charge in [0.05, 0.1) is 19.2 Å². The summed E-state index contributed by atoms with van der Waals surface area (Å²) in [5, 5.41) is 0. The molecule has 0 N–H and O–H groups in total. The van der Waals surface area contributed by atoms with Gasteiger partial charge in [-0.05, 0) is 31.8 Å². The third kappa shape index (κ3) is 3.03. The van der Waals surface area contributed by atoms with E-state index in [4.69, 9.17) is 4.74 Å². The molecular formula is C12H16FNO2. The van der Waals surface area contributed by atoms with E-state index in [1.807, 2.05) is 18.9 Å². The van der Waals surface area contributed by atoms with Crippen molar-refractivity contribution >= 4 is 5.78 Å². The van der Waals surface area contributed by atoms with E-state index in [1.54, 1.807) is 0 Å². The van der Waals surface area contributed by atoms with E-state index in [0.29, 0.717) is 11.3 Å². The van der Waals surface area contributed by atoms with Crippen LogP contribution in [-0.4, -0.2) is 37.9 Å². The number of carbonyl (C=O) groups excluding carboxylic acids is 1. The van der Waals surface area contributed by atoms with Gasteiger partial charge in [0, 0.05) is 0 Å². The van der Waals surface area contributed by atoms with Gasteiger partial charge in [-0.25, -0.2) is 4.39 Å². The van der Waals surface area contributed by atoms with Crippen molar-refractivity contribution in [3.63, 3.8) is 0 Å². The number of hydrogen-bond acceptors (Lipinski definition) is 3. The maximum atomic E-state index is 13.0. The Balaban J connectivity index is 2.93. The Morgan fingerprint density at radius 2 is 2.19 bits per heavy atom. The van der Waals surface area contributed by atoms with Crippen LogP contribution in [0.25, 0.3) is 0 Å². The van der Waals surface area contributed by atoms with Crippen molar-refractivity contribution in [1.29, 1.82) is 0 Å². The van der Waals surface area contributed by atoms with Gasteiger partial charge in [-0.3, -0.25) is 9.69 Å². The summed E-state index contributed by atoms with van der Waals surface area (Å²) in [6.07, 6.45) is 0. The molecule has 4 heteroatoms. The fraction of sp³-hybridized carbons (Fsp3) is 0.417. The normalized spacial score (nSPS) is 10.6. The van der Waals surface area contributed by atoms with Crippen molar-refractivity contribution < 1.29 is 13.9 Å². The molecule has 0 aromatic heterocycles. The van der Waals surface area contributed by atoms with Gasteiger partial charge < -0.3 is 4.74 Å². The van der Waals surface area contributed by atoms with E-state index in [0.717, 1.165) is 6.54 Å². The molecule has 0 bridgehead atoms. The number of benzene rings is 1. The van der Waals surface area contributed by atoms with Crippen LogP contribution in [0.15, 0.2) is 18.2 Å². The summed E-state index contributed by atoms with van der Waals surface area (Å²) in [5.41, 5.74) is 0.294. The highest BCUT2D eigenvalue weighted by Crippen LogP contribution is 2.19. The Bertz CT molecular complexity index is 379. The number of rotatable bonds is 5. The van der Waals surface area contributed by atoms with Gasteiger partial charge in [0.15, 0.2) is 5.78 Å². The van der Waals surface area contributed by atoms with E-state index in [1.165, 1.54) is 25.3 Å². The fourth-order valence-corrected chi connectivity index (χ4v) is 1.34. The zero-order chi connectivity index (χ0) is 12.1. The van der Waals surface area contributed by atoms with Crippen LogP contribution in [0.2, 0.25) is 0 Å². The molecule has 16 heavy (non-hydrogen) atoms. The number of nitrogens with zero attached hydrogens (tertiary/aromatic N) is 1. The largest absolute Gasteiger partial charge is 0.496 e. The molecule has 0 atom stereocenters. The monoisotopic (exact) mass is 225 g/mol. The average Bonchev–Trinajstić information content (AvgIpc) is 2.28. The number of ether oxygens (including phenoxy) is 1. The van der Waals surface area contributed by atoms with E-state index in [-0.39, 0.29) is 12.3 Å². The molecule has 0 heterocycles. The molecule has 0 fully saturated rings. The Morgan fingerprint density at radius 3 is 2.75 bits per heavy atom. The van der Waals surface area contributed by atoms with Gasteiger partial charge >= 0.3 is 0 Å². The van der Waals surface area contributed by atoms with Crippen LogP contribution >= 0.6 is 0 Å². The van der Waals surface area contributed by atoms with Crippen LogP contribution in [0.1, 0.15) is 17.3 Å². The number of likely N-dealkylation sites (N-methyl/N-ethyl adjacent to an activating group) is 1. The number of methoxy groups -OCH3 is 1. The first-order valence-corrected chi connectivity index (χ1v) is 5.13. The van der Waals surface area contributed by atoms with E-state index in [2.05, 4.69) is 0 Å². The molecular weight excluding hydrogens is 209 g/mol. The predicted octanol–water partition coefficient (Wildman–Crippen LogP) is 1.97. The van der Waals surface area contributed by atoms with E-state index in [9.17, 15) is 9.18 Å². The van der Waals surface area contributed by atoms with Crippen LogP contribution in [0.5, 0.6) is 5.75 Å². The fourth-order valence-electron chi connectivity index (χ4n) is 1.34. The van der Waals surface area contributed by atoms with Gasteiger partial charge in [0.25, 0.3) is 0 Å². The third-order valence-corrected chi connectivity index (χ3v) is 2.42. The Labute approximate surface area is 94.8 Å². The van der Waals surface area contributed by atoms with Crippen LogP contribution in [0, 0.1) is 5.82 Å². The molecule has 0 aliphatic rings. The quantitative estimate of drug-likeness (QED) is 0.717. The Hall–Kier alpha value is -1.42. The lowest BCUT2D eigenvalue weighted by atomic mass is 10.1. The molecule has 3 nitrogen and oxygen atoms in total. The average molecular weight is 225 g/mol. The smallest absolute Gasteiger partial charge is 0.180 e. The molecule has 0 radical (unpaired) electrons. The third-order valence-electron chi connectivity index (χ3n) is 2.42. The lowest BCUT2D eigenvalue weighted by molar-refractivity contribution is 0.0945. The van der Waals surface area contributed by atoms with Crippen molar-refractivity contribution in [1.82, 2.24) is 4.90 Å². The van der Waals surface area contributed by atoms with Crippen LogP contribution < -0.4 is 4.74 Å². The SMILES string of the molecule is CCN(C)CC(=O)c1cc(F)ccc1OC. The maximum absolute atomic E-state index is 13.0. The summed E-state index contributed by atoms with van der Waals surface area (Å²) in [6.45, 7) is 2.98. The van der Waals surface area contributed by atoms with Crippen molar-refractivity contribution in [3.8, 4) is 5.75 Å². The van der Waals surface area contributed by atoms with Crippen LogP contribution in [0.3, 0.4) is 0 Å². The summed E-state index contributed by atoms with van der Waals surface area (Å²) in [5.74, 6) is -0.153. The van der Waals surface area contributed by atoms with Crippen molar-refractivity contribution in [2.45, 2.75) is 6.92 Å². The minimum Gasteiger partial charge on any atom is -0.496 e. The lowest BCUT2D eigenvalue weighted by Crippen LogP contribution is -2.26. The Morgan fingerprint density at radius 1 is 1.50 bits per heavy atom. The highest BCUT2D eigenvalue weighted by molar-refractivity contribution is 6.00. The van der Waals surface area contributed by atoms with Crippen LogP contribution in [0.4, 0.5) is 4.39 Å². The van der Waals surface area contributed by atoms with Crippen molar-refractivity contribution in [2.75, 3.05) is 27.2 Å². The van der Waals surface area contributed by atoms with Gasteiger partial charge in [0.1, 0.15) is 11.6 Å². The first-order valence-electron chi connectivity index (χ1n) is 5.13. The molecule has 0 saturated carbocycles. The first-order chi connectivity index (χ1) is 7.58. The zero-order valence-corrected chi connectivity index (χ0v) is 9.79. The number of Topliss-reactive ketones (excluding diaryl/α,β-unsaturated/α-hetero) is 1. The highest BCUT2D eigenvalue weighted by Gasteiger charge is 2.14. The van der Waals surface area contributed by atoms with Crippen molar-refractivity contribution in [3.05, 3.63) is 29.6 Å². The summed E-state index contributed by atoms with van der Waals surface area (Å²) in [6, 6.07) is 3.96. The first kappa shape index (κ1) is 12.6. The second-order valence-corrected chi connectivity index (χ2v) is 3.60. The van der Waals surface area contributed by atoms with E-state index >= 15 is 0 Å². The zero-order valence-electron chi connectivity index (χ0n) is 9.79. The van der Waals surface area contributed by atoms with Gasteiger partial charge in [-0.1, -0.05) is 6.92 Å². The molecule has 1 aromatic carbocycles. The lowest BCUT2D eigenvalue weighted by Gasteiger charge is -2.14. The van der Waals surface area contributed by atoms with Gasteiger partial charge in [-0.2, -0.15) is 0 Å². The summed E-state index contributed by atoms with van der Waals surface area (Å²) in [4.78, 5) is 13.7. The second kappa shape index (κ2) is 5.61. The van der Waals surface area contributed by atoms with Gasteiger partial charge in [0.2, 0.25) is 0 Å². The van der Waals surface area contributed by atoms with E-state index < -0.39 is 5.82 Å². The number of carbonyl (C=O) groups is 1. The summed E-state index contributed by atoms with van der Waals surface area (Å²) in [7, 11) is 3.30. The standard InChI is InChI=1S/C12H16FNO2/c1-4-14(2)8-11(15)10-7-9(13)5-6-12(10)16-3/h5-7H,4,8H2,1-3H3. The number of hydrogen-bond donors (Lipinski definition) is 0. The molecule has 1 aromatic rings. The molecule has 0 aliphatic carbocycles. The minimum absolute atomic E-state index is 0.138. The highest BCUT2D eigenvalue weighted by atomic mass is 19.1. The topological polar surface area (TPSA) is 29.5 Å². The predicted molar refractivity (Wildman–Crippen MR) is 60.5 cm³/mol. The maximum Gasteiger partial charge on any atom is 0.180 e. The van der Waals surface area contributed by atoms with Crippen LogP contribution in [-0.2, 0) is 0 Å². The molecule has 0 aliphatic heterocycles. The Kier molecular flexibility index (Phi) is 4.43. The minimum atomic E-state index is -0.427. The summed E-state index contributed by atoms with van der Waals surface area (Å²) < 4.78 is 18.1. The molecule has 0 amide bonds. The summed E-state index contributed by atoms with van der Waals surface area (Å²) >= 11 is 0.